The van der Waals surface area contributed by atoms with E-state index in [1.807, 2.05) is 13.8 Å². The number of benzene rings is 2. The minimum Gasteiger partial charge on any atom is -0.768 e. The van der Waals surface area contributed by atoms with E-state index in [1.165, 1.54) is 24.3 Å². The summed E-state index contributed by atoms with van der Waals surface area (Å²) in [5, 5.41) is 0. The Morgan fingerprint density at radius 3 is 2.43 bits per heavy atom. The van der Waals surface area contributed by atoms with Crippen LogP contribution in [0.25, 0.3) is 5.57 Å². The number of fused-ring (bicyclic) bond motifs is 1. The molecule has 0 saturated heterocycles. The minimum absolute atomic E-state index is 0.163. The molecule has 0 fully saturated rings. The van der Waals surface area contributed by atoms with Crippen molar-refractivity contribution >= 4 is 32.6 Å². The first kappa shape index (κ1) is 16.4. The van der Waals surface area contributed by atoms with Gasteiger partial charge in [-0.3, -0.25) is 4.21 Å². The van der Waals surface area contributed by atoms with Gasteiger partial charge in [-0.25, -0.2) is 4.39 Å². The molecule has 1 heterocycles. The van der Waals surface area contributed by atoms with Gasteiger partial charge >= 0.3 is 0 Å². The van der Waals surface area contributed by atoms with Gasteiger partial charge in [0.15, 0.2) is 0 Å². The first-order chi connectivity index (χ1) is 10.8. The lowest BCUT2D eigenvalue weighted by Crippen LogP contribution is -2.32. The summed E-state index contributed by atoms with van der Waals surface area (Å²) in [5.74, 6) is 0.174. The maximum absolute atomic E-state index is 13.2. The van der Waals surface area contributed by atoms with Crippen LogP contribution in [0.2, 0.25) is 0 Å². The van der Waals surface area contributed by atoms with Crippen LogP contribution in [-0.4, -0.2) is 14.4 Å². The largest absolute Gasteiger partial charge is 0.768 e. The molecule has 0 radical (unpaired) electrons. The third-order valence-corrected chi connectivity index (χ3v) is 5.65. The summed E-state index contributed by atoms with van der Waals surface area (Å²) in [5.41, 5.74) is 1.78. The molecule has 0 N–H and O–H groups in total. The molecule has 1 atom stereocenters. The summed E-state index contributed by atoms with van der Waals surface area (Å²) >= 11 is 1.26. The van der Waals surface area contributed by atoms with Crippen molar-refractivity contribution in [3.63, 3.8) is 0 Å². The molecular weight excluding hydrogens is 383 g/mol. The second kappa shape index (κ2) is 5.85. The molecule has 1 aliphatic rings. The van der Waals surface area contributed by atoms with Crippen molar-refractivity contribution in [2.75, 3.05) is 0 Å². The maximum atomic E-state index is 13.2. The SMILES string of the molecule is CC1(C)Oc2cc(S(=O)[O-])ccc2C(c2ccc(F)cc2)=C1Br. The van der Waals surface area contributed by atoms with Crippen LogP contribution in [0.3, 0.4) is 0 Å². The van der Waals surface area contributed by atoms with Gasteiger partial charge in [-0.15, -0.1) is 0 Å². The van der Waals surface area contributed by atoms with Crippen LogP contribution in [0.1, 0.15) is 25.0 Å². The molecule has 6 heteroatoms. The highest BCUT2D eigenvalue weighted by atomic mass is 79.9. The molecule has 23 heavy (non-hydrogen) atoms. The number of halogens is 2. The van der Waals surface area contributed by atoms with E-state index < -0.39 is 16.7 Å². The van der Waals surface area contributed by atoms with Gasteiger partial charge in [-0.1, -0.05) is 28.1 Å². The monoisotopic (exact) mass is 395 g/mol. The first-order valence-corrected chi connectivity index (χ1v) is 8.75. The third kappa shape index (κ3) is 2.98. The molecule has 2 aromatic carbocycles. The molecule has 0 aliphatic carbocycles. The lowest BCUT2D eigenvalue weighted by Gasteiger charge is -2.35. The third-order valence-electron chi connectivity index (χ3n) is 3.66. The van der Waals surface area contributed by atoms with E-state index in [-0.39, 0.29) is 10.7 Å². The van der Waals surface area contributed by atoms with E-state index in [1.54, 1.807) is 18.2 Å². The quantitative estimate of drug-likeness (QED) is 0.708. The Hall–Kier alpha value is -1.50. The number of hydrogen-bond donors (Lipinski definition) is 0. The molecule has 0 bridgehead atoms. The minimum atomic E-state index is -2.33. The summed E-state index contributed by atoms with van der Waals surface area (Å²) < 4.78 is 42.4. The van der Waals surface area contributed by atoms with Crippen molar-refractivity contribution in [3.8, 4) is 5.75 Å². The molecule has 0 spiro atoms. The van der Waals surface area contributed by atoms with Crippen LogP contribution in [-0.2, 0) is 11.1 Å². The maximum Gasteiger partial charge on any atom is 0.135 e. The molecule has 1 aliphatic heterocycles. The average Bonchev–Trinajstić information content (AvgIpc) is 2.49. The average molecular weight is 396 g/mol. The van der Waals surface area contributed by atoms with E-state index in [4.69, 9.17) is 4.74 Å². The molecule has 2 aromatic rings. The van der Waals surface area contributed by atoms with Crippen molar-refractivity contribution < 1.29 is 17.9 Å². The fraction of sp³-hybridized carbons (Fsp3) is 0.176. The number of rotatable bonds is 2. The fourth-order valence-corrected chi connectivity index (χ4v) is 3.44. The van der Waals surface area contributed by atoms with Gasteiger partial charge in [-0.05, 0) is 60.8 Å². The molecule has 3 nitrogen and oxygen atoms in total. The van der Waals surface area contributed by atoms with Gasteiger partial charge in [0, 0.05) is 20.5 Å². The molecule has 1 unspecified atom stereocenters. The number of hydrogen-bond acceptors (Lipinski definition) is 3. The van der Waals surface area contributed by atoms with Crippen LogP contribution in [0.15, 0.2) is 51.8 Å². The van der Waals surface area contributed by atoms with E-state index in [0.717, 1.165) is 21.2 Å². The van der Waals surface area contributed by atoms with E-state index in [0.29, 0.717) is 5.75 Å². The standard InChI is InChI=1S/C17H14BrFO3S/c1-17(2)16(18)15(10-3-5-11(19)6-4-10)13-8-7-12(23(20)21)9-14(13)22-17/h3-9H,1-2H3,(H,20,21)/p-1. The van der Waals surface area contributed by atoms with E-state index in [9.17, 15) is 13.2 Å². The van der Waals surface area contributed by atoms with Gasteiger partial charge in [0.05, 0.1) is 0 Å². The zero-order chi connectivity index (χ0) is 16.8. The summed E-state index contributed by atoms with van der Waals surface area (Å²) in [4.78, 5) is 0.163. The van der Waals surface area contributed by atoms with Crippen LogP contribution >= 0.6 is 15.9 Å². The Morgan fingerprint density at radius 1 is 1.17 bits per heavy atom. The normalized spacial score (nSPS) is 17.4. The van der Waals surface area contributed by atoms with Gasteiger partial charge in [-0.2, -0.15) is 0 Å². The Morgan fingerprint density at radius 2 is 1.83 bits per heavy atom. The van der Waals surface area contributed by atoms with Crippen LogP contribution < -0.4 is 4.74 Å². The molecule has 120 valence electrons. The molecule has 3 rings (SSSR count). The molecule has 0 saturated carbocycles. The first-order valence-electron chi connectivity index (χ1n) is 6.88. The van der Waals surface area contributed by atoms with Crippen molar-refractivity contribution in [2.24, 2.45) is 0 Å². The van der Waals surface area contributed by atoms with Crippen LogP contribution in [0, 0.1) is 5.82 Å². The highest BCUT2D eigenvalue weighted by Crippen LogP contribution is 2.46. The Kier molecular flexibility index (Phi) is 4.16. The second-order valence-electron chi connectivity index (χ2n) is 5.70. The van der Waals surface area contributed by atoms with Gasteiger partial charge < -0.3 is 9.29 Å². The summed E-state index contributed by atoms with van der Waals surface area (Å²) in [6.07, 6.45) is 0. The van der Waals surface area contributed by atoms with Gasteiger partial charge in [0.1, 0.15) is 17.2 Å². The zero-order valence-corrected chi connectivity index (χ0v) is 14.8. The predicted molar refractivity (Wildman–Crippen MR) is 89.7 cm³/mol. The number of ether oxygens (including phenoxy) is 1. The van der Waals surface area contributed by atoms with Crippen LogP contribution in [0.5, 0.6) is 5.75 Å². The summed E-state index contributed by atoms with van der Waals surface area (Å²) in [6.45, 7) is 3.76. The highest BCUT2D eigenvalue weighted by Gasteiger charge is 2.34. The lowest BCUT2D eigenvalue weighted by molar-refractivity contribution is 0.154. The Bertz CT molecular complexity index is 828. The molecule has 0 aromatic heterocycles. The summed E-state index contributed by atoms with van der Waals surface area (Å²) in [7, 11) is 0. The zero-order valence-electron chi connectivity index (χ0n) is 12.4. The topological polar surface area (TPSA) is 49.4 Å². The fourth-order valence-electron chi connectivity index (χ4n) is 2.54. The molecule has 0 amide bonds. The van der Waals surface area contributed by atoms with Crippen molar-refractivity contribution in [1.82, 2.24) is 0 Å². The van der Waals surface area contributed by atoms with E-state index >= 15 is 0 Å². The molecular formula is C17H13BrFO3S-. The van der Waals surface area contributed by atoms with Crippen molar-refractivity contribution in [3.05, 3.63) is 63.9 Å². The van der Waals surface area contributed by atoms with Gasteiger partial charge in [0.2, 0.25) is 0 Å². The smallest absolute Gasteiger partial charge is 0.135 e. The Labute approximate surface area is 144 Å². The van der Waals surface area contributed by atoms with Crippen molar-refractivity contribution in [1.29, 1.82) is 0 Å². The highest BCUT2D eigenvalue weighted by molar-refractivity contribution is 9.12. The van der Waals surface area contributed by atoms with Crippen LogP contribution in [0.4, 0.5) is 4.39 Å². The predicted octanol–water partition coefficient (Wildman–Crippen LogP) is 4.39. The van der Waals surface area contributed by atoms with Gasteiger partial charge in [0.25, 0.3) is 0 Å². The lowest BCUT2D eigenvalue weighted by atomic mass is 9.90. The van der Waals surface area contributed by atoms with Crippen molar-refractivity contribution in [2.45, 2.75) is 24.3 Å². The Balaban J connectivity index is 2.24. The second-order valence-corrected chi connectivity index (χ2v) is 7.43. The summed E-state index contributed by atoms with van der Waals surface area (Å²) in [6, 6.07) is 10.9. The van der Waals surface area contributed by atoms with E-state index in [2.05, 4.69) is 15.9 Å².